The quantitative estimate of drug-likeness (QED) is 0.732. The van der Waals surface area contributed by atoms with E-state index in [4.69, 9.17) is 9.47 Å². The maximum atomic E-state index is 9.23. The number of nitriles is 1. The molecular weight excluding hydrogens is 240 g/mol. The highest BCUT2D eigenvalue weighted by Crippen LogP contribution is 2.30. The van der Waals surface area contributed by atoms with E-state index >= 15 is 0 Å². The van der Waals surface area contributed by atoms with Gasteiger partial charge in [0, 0.05) is 0 Å². The molecule has 0 spiro atoms. The number of nitrogens with zero attached hydrogens (tertiary/aromatic N) is 1. The zero-order valence-electron chi connectivity index (χ0n) is 11.9. The van der Waals surface area contributed by atoms with E-state index in [0.717, 1.165) is 24.9 Å². The molecule has 19 heavy (non-hydrogen) atoms. The molecule has 0 radical (unpaired) electrons. The Morgan fingerprint density at radius 3 is 2.68 bits per heavy atom. The molecule has 104 valence electrons. The van der Waals surface area contributed by atoms with Crippen molar-refractivity contribution in [3.05, 3.63) is 23.8 Å². The highest BCUT2D eigenvalue weighted by atomic mass is 16.5. The third kappa shape index (κ3) is 4.46. The van der Waals surface area contributed by atoms with E-state index in [9.17, 15) is 5.26 Å². The average molecular weight is 262 g/mol. The van der Waals surface area contributed by atoms with Crippen molar-refractivity contribution < 1.29 is 9.47 Å². The van der Waals surface area contributed by atoms with Crippen molar-refractivity contribution >= 4 is 0 Å². The largest absolute Gasteiger partial charge is 0.493 e. The van der Waals surface area contributed by atoms with E-state index in [1.807, 2.05) is 25.1 Å². The van der Waals surface area contributed by atoms with E-state index in [2.05, 4.69) is 18.3 Å². The number of nitrogens with one attached hydrogen (secondary N) is 1. The summed E-state index contributed by atoms with van der Waals surface area (Å²) in [6.07, 6.45) is 2.17. The molecule has 1 aromatic rings. The number of unbranched alkanes of at least 4 members (excludes halogenated alkanes) is 1. The first kappa shape index (κ1) is 15.3. The fraction of sp³-hybridized carbons (Fsp3) is 0.533. The number of hydrogen-bond donors (Lipinski definition) is 1. The second-order valence-electron chi connectivity index (χ2n) is 4.21. The Morgan fingerprint density at radius 2 is 2.11 bits per heavy atom. The van der Waals surface area contributed by atoms with E-state index < -0.39 is 0 Å². The van der Waals surface area contributed by atoms with Gasteiger partial charge in [-0.05, 0) is 37.6 Å². The second-order valence-corrected chi connectivity index (χ2v) is 4.21. The Kier molecular flexibility index (Phi) is 6.76. The predicted octanol–water partition coefficient (Wildman–Crippen LogP) is 3.05. The van der Waals surface area contributed by atoms with Crippen LogP contribution >= 0.6 is 0 Å². The molecule has 4 nitrogen and oxygen atoms in total. The summed E-state index contributed by atoms with van der Waals surface area (Å²) in [6, 6.07) is 7.58. The summed E-state index contributed by atoms with van der Waals surface area (Å²) in [5, 5.41) is 12.5. The van der Waals surface area contributed by atoms with Gasteiger partial charge in [-0.1, -0.05) is 19.4 Å². The third-order valence-corrected chi connectivity index (χ3v) is 2.83. The van der Waals surface area contributed by atoms with Gasteiger partial charge in [-0.25, -0.2) is 0 Å². The lowest BCUT2D eigenvalue weighted by Gasteiger charge is -2.15. The van der Waals surface area contributed by atoms with Gasteiger partial charge in [-0.15, -0.1) is 0 Å². The number of methoxy groups -OCH3 is 1. The summed E-state index contributed by atoms with van der Waals surface area (Å²) in [5.74, 6) is 1.37. The smallest absolute Gasteiger partial charge is 0.161 e. The summed E-state index contributed by atoms with van der Waals surface area (Å²) in [5.41, 5.74) is 0.902. The van der Waals surface area contributed by atoms with Crippen molar-refractivity contribution in [3.63, 3.8) is 0 Å². The first-order valence-corrected chi connectivity index (χ1v) is 6.70. The van der Waals surface area contributed by atoms with Crippen LogP contribution in [-0.2, 0) is 0 Å². The topological polar surface area (TPSA) is 54.3 Å². The van der Waals surface area contributed by atoms with Crippen LogP contribution in [0.4, 0.5) is 0 Å². The van der Waals surface area contributed by atoms with Crippen LogP contribution in [0.25, 0.3) is 0 Å². The zero-order valence-corrected chi connectivity index (χ0v) is 11.9. The van der Waals surface area contributed by atoms with Gasteiger partial charge in [0.05, 0.1) is 19.8 Å². The highest BCUT2D eigenvalue weighted by Gasteiger charge is 2.13. The summed E-state index contributed by atoms with van der Waals surface area (Å²) >= 11 is 0. The normalized spacial score (nSPS) is 11.7. The average Bonchev–Trinajstić information content (AvgIpc) is 2.45. The van der Waals surface area contributed by atoms with Gasteiger partial charge in [-0.2, -0.15) is 5.26 Å². The van der Waals surface area contributed by atoms with Crippen LogP contribution in [-0.4, -0.2) is 20.3 Å². The molecule has 0 aliphatic heterocycles. The fourth-order valence-electron chi connectivity index (χ4n) is 1.80. The van der Waals surface area contributed by atoms with Gasteiger partial charge in [0.2, 0.25) is 0 Å². The number of rotatable bonds is 8. The summed E-state index contributed by atoms with van der Waals surface area (Å²) < 4.78 is 10.8. The Balaban J connectivity index is 2.84. The molecule has 0 heterocycles. The van der Waals surface area contributed by atoms with Gasteiger partial charge < -0.3 is 9.47 Å². The van der Waals surface area contributed by atoms with Crippen LogP contribution in [0.1, 0.15) is 38.3 Å². The molecule has 0 saturated heterocycles. The molecule has 0 aromatic heterocycles. The minimum absolute atomic E-state index is 0.309. The van der Waals surface area contributed by atoms with Gasteiger partial charge in [0.15, 0.2) is 11.5 Å². The lowest BCUT2D eigenvalue weighted by molar-refractivity contribution is 0.310. The molecule has 1 N–H and O–H groups in total. The molecule has 1 aromatic carbocycles. The Morgan fingerprint density at radius 1 is 1.32 bits per heavy atom. The van der Waals surface area contributed by atoms with Crippen LogP contribution in [0.3, 0.4) is 0 Å². The van der Waals surface area contributed by atoms with Crippen LogP contribution in [0.5, 0.6) is 11.5 Å². The van der Waals surface area contributed by atoms with E-state index in [0.29, 0.717) is 18.1 Å². The van der Waals surface area contributed by atoms with Gasteiger partial charge in [0.25, 0.3) is 0 Å². The molecule has 0 saturated carbocycles. The number of benzene rings is 1. The molecule has 0 aliphatic rings. The van der Waals surface area contributed by atoms with Crippen molar-refractivity contribution in [2.75, 3.05) is 20.3 Å². The summed E-state index contributed by atoms with van der Waals surface area (Å²) in [4.78, 5) is 0. The van der Waals surface area contributed by atoms with Crippen molar-refractivity contribution in [3.8, 4) is 17.6 Å². The van der Waals surface area contributed by atoms with Gasteiger partial charge in [-0.3, -0.25) is 5.32 Å². The Labute approximate surface area is 115 Å². The molecule has 4 heteroatoms. The first-order chi connectivity index (χ1) is 9.26. The van der Waals surface area contributed by atoms with E-state index in [1.54, 1.807) is 7.11 Å². The monoisotopic (exact) mass is 262 g/mol. The second kappa shape index (κ2) is 8.39. The zero-order chi connectivity index (χ0) is 14.1. The van der Waals surface area contributed by atoms with E-state index in [1.165, 1.54) is 0 Å². The molecule has 0 aliphatic carbocycles. The van der Waals surface area contributed by atoms with Crippen molar-refractivity contribution in [2.45, 2.75) is 32.7 Å². The van der Waals surface area contributed by atoms with Crippen LogP contribution < -0.4 is 14.8 Å². The van der Waals surface area contributed by atoms with Crippen molar-refractivity contribution in [1.29, 1.82) is 5.26 Å². The summed E-state index contributed by atoms with van der Waals surface area (Å²) in [6.45, 7) is 5.48. The summed E-state index contributed by atoms with van der Waals surface area (Å²) in [7, 11) is 1.60. The van der Waals surface area contributed by atoms with Crippen LogP contribution in [0.15, 0.2) is 18.2 Å². The van der Waals surface area contributed by atoms with Crippen molar-refractivity contribution in [1.82, 2.24) is 5.32 Å². The lowest BCUT2D eigenvalue weighted by Crippen LogP contribution is -2.21. The molecule has 0 amide bonds. The molecule has 1 atom stereocenters. The van der Waals surface area contributed by atoms with Crippen LogP contribution in [0.2, 0.25) is 0 Å². The van der Waals surface area contributed by atoms with E-state index in [-0.39, 0.29) is 6.04 Å². The molecule has 1 unspecified atom stereocenters. The van der Waals surface area contributed by atoms with Crippen LogP contribution in [0, 0.1) is 11.3 Å². The first-order valence-electron chi connectivity index (χ1n) is 6.70. The SMILES string of the molecule is CCCCNC(C#N)c1ccc(OCC)c(OC)c1. The standard InChI is InChI=1S/C15H22N2O2/c1-4-6-9-17-13(11-16)12-7-8-14(19-5-2)15(10-12)18-3/h7-8,10,13,17H,4-6,9H2,1-3H3. The minimum Gasteiger partial charge on any atom is -0.493 e. The van der Waals surface area contributed by atoms with Gasteiger partial charge >= 0.3 is 0 Å². The van der Waals surface area contributed by atoms with Crippen molar-refractivity contribution in [2.24, 2.45) is 0 Å². The molecule has 1 rings (SSSR count). The maximum Gasteiger partial charge on any atom is 0.161 e. The number of hydrogen-bond acceptors (Lipinski definition) is 4. The lowest BCUT2D eigenvalue weighted by atomic mass is 10.1. The molecular formula is C15H22N2O2. The number of ether oxygens (including phenoxy) is 2. The predicted molar refractivity (Wildman–Crippen MR) is 75.4 cm³/mol. The fourth-order valence-corrected chi connectivity index (χ4v) is 1.80. The minimum atomic E-state index is -0.309. The Bertz CT molecular complexity index is 427. The third-order valence-electron chi connectivity index (χ3n) is 2.83. The highest BCUT2D eigenvalue weighted by molar-refractivity contribution is 5.44. The molecule has 0 fully saturated rings. The Hall–Kier alpha value is -1.73. The molecule has 0 bridgehead atoms. The maximum absolute atomic E-state index is 9.23. The van der Waals surface area contributed by atoms with Gasteiger partial charge in [0.1, 0.15) is 6.04 Å².